The summed E-state index contributed by atoms with van der Waals surface area (Å²) >= 11 is 7.35. The highest BCUT2D eigenvalue weighted by Gasteiger charge is 2.13. The molecule has 0 amide bonds. The van der Waals surface area contributed by atoms with E-state index in [0.29, 0.717) is 15.8 Å². The first kappa shape index (κ1) is 14.0. The van der Waals surface area contributed by atoms with Crippen molar-refractivity contribution in [1.82, 2.24) is 0 Å². The van der Waals surface area contributed by atoms with Crippen LogP contribution in [-0.4, -0.2) is 7.11 Å². The fourth-order valence-corrected chi connectivity index (χ4v) is 2.78. The maximum absolute atomic E-state index is 13.8. The van der Waals surface area contributed by atoms with Crippen molar-refractivity contribution in [2.45, 2.75) is 13.0 Å². The van der Waals surface area contributed by atoms with Crippen LogP contribution >= 0.6 is 22.9 Å². The van der Waals surface area contributed by atoms with E-state index < -0.39 is 5.82 Å². The Labute approximate surface area is 120 Å². The molecule has 102 valence electrons. The van der Waals surface area contributed by atoms with Gasteiger partial charge in [0.2, 0.25) is 0 Å². The third kappa shape index (κ3) is 3.11. The van der Waals surface area contributed by atoms with Crippen LogP contribution in [0.1, 0.15) is 17.8 Å². The Morgan fingerprint density at radius 3 is 2.74 bits per heavy atom. The summed E-state index contributed by atoms with van der Waals surface area (Å²) in [5.74, 6) is 0.0353. The van der Waals surface area contributed by atoms with Crippen LogP contribution in [0.25, 0.3) is 0 Å². The molecule has 0 fully saturated rings. The molecule has 2 aromatic rings. The third-order valence-electron chi connectivity index (χ3n) is 2.71. The Hall–Kier alpha value is -1.46. The molecule has 0 bridgehead atoms. The van der Waals surface area contributed by atoms with E-state index in [1.807, 2.05) is 19.1 Å². The summed E-state index contributed by atoms with van der Waals surface area (Å²) in [6.07, 6.45) is 0. The van der Waals surface area contributed by atoms with E-state index in [2.05, 4.69) is 5.32 Å². The topological polar surface area (TPSA) is 47.3 Å². The molecular weight excluding hydrogens is 287 g/mol. The van der Waals surface area contributed by atoms with Crippen LogP contribution in [0.5, 0.6) is 5.75 Å². The highest BCUT2D eigenvalue weighted by Crippen LogP contribution is 2.33. The Morgan fingerprint density at radius 2 is 2.16 bits per heavy atom. The number of rotatable bonds is 4. The second kappa shape index (κ2) is 5.67. The second-order valence-corrected chi connectivity index (χ2v) is 5.83. The molecule has 0 saturated carbocycles. The van der Waals surface area contributed by atoms with E-state index in [1.54, 1.807) is 6.07 Å². The SMILES string of the molecule is COc1cc(NC(C)c2ccc(Cl)s2)c(F)cc1N. The molecule has 2 rings (SSSR count). The number of ether oxygens (including phenoxy) is 1. The summed E-state index contributed by atoms with van der Waals surface area (Å²) in [6.45, 7) is 1.93. The molecule has 1 heterocycles. The van der Waals surface area contributed by atoms with Crippen LogP contribution in [0.2, 0.25) is 4.34 Å². The first-order valence-corrected chi connectivity index (χ1v) is 6.85. The lowest BCUT2D eigenvalue weighted by molar-refractivity contribution is 0.416. The van der Waals surface area contributed by atoms with Crippen molar-refractivity contribution in [1.29, 1.82) is 0 Å². The molecule has 1 unspecified atom stereocenters. The molecule has 0 aliphatic rings. The minimum atomic E-state index is -0.409. The highest BCUT2D eigenvalue weighted by molar-refractivity contribution is 7.16. The highest BCUT2D eigenvalue weighted by atomic mass is 35.5. The van der Waals surface area contributed by atoms with Crippen molar-refractivity contribution in [3.05, 3.63) is 39.3 Å². The molecule has 0 aliphatic heterocycles. The summed E-state index contributed by atoms with van der Waals surface area (Å²) in [6, 6.07) is 6.47. The van der Waals surface area contributed by atoms with Crippen molar-refractivity contribution >= 4 is 34.3 Å². The molecule has 0 spiro atoms. The lowest BCUT2D eigenvalue weighted by Crippen LogP contribution is -2.07. The van der Waals surface area contributed by atoms with Crippen LogP contribution in [0.15, 0.2) is 24.3 Å². The van der Waals surface area contributed by atoms with Crippen LogP contribution < -0.4 is 15.8 Å². The summed E-state index contributed by atoms with van der Waals surface area (Å²) in [4.78, 5) is 1.03. The van der Waals surface area contributed by atoms with Gasteiger partial charge in [0.1, 0.15) is 11.6 Å². The number of hydrogen-bond acceptors (Lipinski definition) is 4. The van der Waals surface area contributed by atoms with Crippen molar-refractivity contribution in [2.75, 3.05) is 18.2 Å². The van der Waals surface area contributed by atoms with Gasteiger partial charge in [-0.1, -0.05) is 11.6 Å². The molecule has 0 saturated heterocycles. The van der Waals surface area contributed by atoms with E-state index in [1.165, 1.54) is 24.5 Å². The van der Waals surface area contributed by atoms with Gasteiger partial charge >= 0.3 is 0 Å². The maximum Gasteiger partial charge on any atom is 0.148 e. The van der Waals surface area contributed by atoms with Crippen molar-refractivity contribution in [3.63, 3.8) is 0 Å². The van der Waals surface area contributed by atoms with Crippen LogP contribution in [-0.2, 0) is 0 Å². The van der Waals surface area contributed by atoms with Gasteiger partial charge in [-0.25, -0.2) is 4.39 Å². The normalized spacial score (nSPS) is 12.2. The summed E-state index contributed by atoms with van der Waals surface area (Å²) in [5.41, 5.74) is 6.26. The molecule has 1 aromatic carbocycles. The largest absolute Gasteiger partial charge is 0.495 e. The maximum atomic E-state index is 13.8. The Balaban J connectivity index is 2.23. The van der Waals surface area contributed by atoms with Gasteiger partial charge in [-0.2, -0.15) is 0 Å². The van der Waals surface area contributed by atoms with E-state index in [4.69, 9.17) is 22.1 Å². The number of nitrogen functional groups attached to an aromatic ring is 1. The number of anilines is 2. The van der Waals surface area contributed by atoms with Crippen LogP contribution in [0.4, 0.5) is 15.8 Å². The van der Waals surface area contributed by atoms with E-state index in [-0.39, 0.29) is 11.7 Å². The minimum absolute atomic E-state index is 0.0552. The van der Waals surface area contributed by atoms with Gasteiger partial charge in [-0.05, 0) is 19.1 Å². The fraction of sp³-hybridized carbons (Fsp3) is 0.231. The first-order chi connectivity index (χ1) is 9.01. The first-order valence-electron chi connectivity index (χ1n) is 5.66. The van der Waals surface area contributed by atoms with Gasteiger partial charge in [-0.15, -0.1) is 11.3 Å². The lowest BCUT2D eigenvalue weighted by atomic mass is 10.2. The minimum Gasteiger partial charge on any atom is -0.495 e. The van der Waals surface area contributed by atoms with Gasteiger partial charge < -0.3 is 15.8 Å². The Kier molecular flexibility index (Phi) is 4.17. The molecule has 0 radical (unpaired) electrons. The number of hydrogen-bond donors (Lipinski definition) is 2. The second-order valence-electron chi connectivity index (χ2n) is 4.08. The average molecular weight is 301 g/mol. The standard InChI is InChI=1S/C13H14ClFN2OS/c1-7(12-3-4-13(14)19-12)17-10-6-11(18-2)9(16)5-8(10)15/h3-7,17H,16H2,1-2H3. The molecule has 3 N–H and O–H groups in total. The zero-order valence-electron chi connectivity index (χ0n) is 10.5. The summed E-state index contributed by atoms with van der Waals surface area (Å²) in [5, 5.41) is 3.08. The number of nitrogens with one attached hydrogen (secondary N) is 1. The zero-order chi connectivity index (χ0) is 14.0. The smallest absolute Gasteiger partial charge is 0.148 e. The molecule has 3 nitrogen and oxygen atoms in total. The van der Waals surface area contributed by atoms with Crippen LogP contribution in [0, 0.1) is 5.82 Å². The van der Waals surface area contributed by atoms with Gasteiger partial charge in [0.15, 0.2) is 0 Å². The Morgan fingerprint density at radius 1 is 1.42 bits per heavy atom. The van der Waals surface area contributed by atoms with Crippen molar-refractivity contribution < 1.29 is 9.13 Å². The quantitative estimate of drug-likeness (QED) is 0.827. The van der Waals surface area contributed by atoms with Crippen LogP contribution in [0.3, 0.4) is 0 Å². The predicted molar refractivity (Wildman–Crippen MR) is 78.7 cm³/mol. The van der Waals surface area contributed by atoms with Gasteiger partial charge in [0.05, 0.1) is 28.9 Å². The number of methoxy groups -OCH3 is 1. The number of thiophene rings is 1. The van der Waals surface area contributed by atoms with E-state index >= 15 is 0 Å². The Bertz CT molecular complexity index is 588. The predicted octanol–water partition coefficient (Wildman–Crippen LogP) is 4.30. The van der Waals surface area contributed by atoms with Gasteiger partial charge in [0, 0.05) is 17.0 Å². The lowest BCUT2D eigenvalue weighted by Gasteiger charge is -2.16. The average Bonchev–Trinajstić information content (AvgIpc) is 2.79. The van der Waals surface area contributed by atoms with E-state index in [9.17, 15) is 4.39 Å². The third-order valence-corrected chi connectivity index (χ3v) is 4.13. The monoisotopic (exact) mass is 300 g/mol. The number of nitrogens with two attached hydrogens (primary N) is 1. The number of halogens is 2. The zero-order valence-corrected chi connectivity index (χ0v) is 12.1. The molecule has 1 aromatic heterocycles. The van der Waals surface area contributed by atoms with Gasteiger partial charge in [0.25, 0.3) is 0 Å². The molecule has 1 atom stereocenters. The molecule has 0 aliphatic carbocycles. The molecular formula is C13H14ClFN2OS. The molecule has 6 heteroatoms. The molecule has 19 heavy (non-hydrogen) atoms. The van der Waals surface area contributed by atoms with Gasteiger partial charge in [-0.3, -0.25) is 0 Å². The fourth-order valence-electron chi connectivity index (χ4n) is 1.72. The van der Waals surface area contributed by atoms with E-state index in [0.717, 1.165) is 4.88 Å². The van der Waals surface area contributed by atoms with Crippen molar-refractivity contribution in [2.24, 2.45) is 0 Å². The number of benzene rings is 1. The van der Waals surface area contributed by atoms with Crippen molar-refractivity contribution in [3.8, 4) is 5.75 Å². The summed E-state index contributed by atoms with van der Waals surface area (Å²) < 4.78 is 19.6. The summed E-state index contributed by atoms with van der Waals surface area (Å²) in [7, 11) is 1.50.